The van der Waals surface area contributed by atoms with E-state index in [1.165, 1.54) is 7.11 Å². The monoisotopic (exact) mass is 249 g/mol. The summed E-state index contributed by atoms with van der Waals surface area (Å²) in [6.45, 7) is 2.50. The van der Waals surface area contributed by atoms with Crippen molar-refractivity contribution in [1.82, 2.24) is 20.3 Å². The molecule has 0 aromatic carbocycles. The number of hydrogen-bond donors (Lipinski definition) is 1. The lowest BCUT2D eigenvalue weighted by Gasteiger charge is -2.04. The van der Waals surface area contributed by atoms with Crippen molar-refractivity contribution >= 4 is 0 Å². The summed E-state index contributed by atoms with van der Waals surface area (Å²) >= 11 is 0. The molecule has 0 fully saturated rings. The third kappa shape index (κ3) is 2.45. The predicted octanol–water partition coefficient (Wildman–Crippen LogP) is 0.987. The highest BCUT2D eigenvalue weighted by Gasteiger charge is 2.17. The van der Waals surface area contributed by atoms with E-state index in [2.05, 4.69) is 20.3 Å². The molecule has 0 aliphatic carbocycles. The number of ether oxygens (including phenoxy) is 1. The first-order valence-electron chi connectivity index (χ1n) is 5.70. The van der Waals surface area contributed by atoms with Crippen LogP contribution < -0.4 is 10.5 Å². The third-order valence-corrected chi connectivity index (χ3v) is 2.65. The molecular formula is C11H15N5O2. The Morgan fingerprint density at radius 1 is 1.39 bits per heavy atom. The van der Waals surface area contributed by atoms with Crippen LogP contribution >= 0.6 is 0 Å². The van der Waals surface area contributed by atoms with Crippen molar-refractivity contribution in [3.63, 3.8) is 0 Å². The van der Waals surface area contributed by atoms with E-state index in [4.69, 9.17) is 15.0 Å². The molecule has 1 unspecified atom stereocenters. The number of methoxy groups -OCH3 is 1. The fourth-order valence-corrected chi connectivity index (χ4v) is 1.50. The van der Waals surface area contributed by atoms with E-state index in [0.717, 1.165) is 6.42 Å². The number of aromatic nitrogens is 4. The van der Waals surface area contributed by atoms with Gasteiger partial charge in [0.25, 0.3) is 0 Å². The van der Waals surface area contributed by atoms with Gasteiger partial charge in [0.05, 0.1) is 13.0 Å². The summed E-state index contributed by atoms with van der Waals surface area (Å²) in [6, 6.07) is 3.42. The number of hydrogen-bond acceptors (Lipinski definition) is 7. The van der Waals surface area contributed by atoms with Gasteiger partial charge in [-0.3, -0.25) is 0 Å². The molecule has 0 radical (unpaired) electrons. The lowest BCUT2D eigenvalue weighted by molar-refractivity contribution is 0.351. The van der Waals surface area contributed by atoms with E-state index in [9.17, 15) is 0 Å². The Morgan fingerprint density at radius 2 is 2.22 bits per heavy atom. The molecule has 0 bridgehead atoms. The van der Waals surface area contributed by atoms with Gasteiger partial charge >= 0.3 is 0 Å². The largest absolute Gasteiger partial charge is 0.480 e. The van der Waals surface area contributed by atoms with Crippen LogP contribution in [0.3, 0.4) is 0 Å². The first-order chi connectivity index (χ1) is 8.78. The van der Waals surface area contributed by atoms with Crippen LogP contribution in [0, 0.1) is 0 Å². The van der Waals surface area contributed by atoms with Gasteiger partial charge in [-0.05, 0) is 12.5 Å². The van der Waals surface area contributed by atoms with E-state index >= 15 is 0 Å². The second-order valence-electron chi connectivity index (χ2n) is 3.76. The molecule has 2 N–H and O–H groups in total. The van der Waals surface area contributed by atoms with Crippen LogP contribution in [0.2, 0.25) is 0 Å². The predicted molar refractivity (Wildman–Crippen MR) is 64.0 cm³/mol. The smallest absolute Gasteiger partial charge is 0.233 e. The van der Waals surface area contributed by atoms with Gasteiger partial charge in [-0.2, -0.15) is 4.98 Å². The molecule has 18 heavy (non-hydrogen) atoms. The van der Waals surface area contributed by atoms with Crippen LogP contribution in [0.25, 0.3) is 11.5 Å². The molecule has 1 atom stereocenters. The molecule has 0 saturated carbocycles. The summed E-state index contributed by atoms with van der Waals surface area (Å²) in [4.78, 5) is 4.28. The molecule has 2 aromatic heterocycles. The van der Waals surface area contributed by atoms with Crippen molar-refractivity contribution in [1.29, 1.82) is 0 Å². The van der Waals surface area contributed by atoms with E-state index in [1.807, 2.05) is 6.92 Å². The Labute approximate surface area is 104 Å². The molecule has 96 valence electrons. The van der Waals surface area contributed by atoms with Crippen molar-refractivity contribution in [2.45, 2.75) is 19.3 Å². The summed E-state index contributed by atoms with van der Waals surface area (Å²) in [5.74, 6) is 1.47. The van der Waals surface area contributed by atoms with Crippen molar-refractivity contribution in [2.24, 2.45) is 5.73 Å². The minimum Gasteiger partial charge on any atom is -0.480 e. The van der Waals surface area contributed by atoms with Crippen LogP contribution in [0.15, 0.2) is 16.7 Å². The maximum Gasteiger partial charge on any atom is 0.233 e. The van der Waals surface area contributed by atoms with Crippen LogP contribution in [-0.4, -0.2) is 34.0 Å². The highest BCUT2D eigenvalue weighted by atomic mass is 16.5. The molecule has 2 rings (SSSR count). The lowest BCUT2D eigenvalue weighted by atomic mass is 10.1. The molecule has 0 spiro atoms. The normalized spacial score (nSPS) is 12.4. The van der Waals surface area contributed by atoms with Crippen molar-refractivity contribution in [3.05, 3.63) is 18.0 Å². The summed E-state index contributed by atoms with van der Waals surface area (Å²) in [6.07, 6.45) is 0.854. The van der Waals surface area contributed by atoms with Gasteiger partial charge in [-0.1, -0.05) is 12.1 Å². The highest BCUT2D eigenvalue weighted by molar-refractivity contribution is 5.47. The van der Waals surface area contributed by atoms with Gasteiger partial charge in [0.15, 0.2) is 0 Å². The number of nitrogens with zero attached hydrogens (tertiary/aromatic N) is 4. The topological polar surface area (TPSA) is 100.0 Å². The average Bonchev–Trinajstić information content (AvgIpc) is 2.90. The third-order valence-electron chi connectivity index (χ3n) is 2.65. The van der Waals surface area contributed by atoms with Crippen LogP contribution in [0.1, 0.15) is 25.2 Å². The summed E-state index contributed by atoms with van der Waals surface area (Å²) in [5, 5.41) is 11.7. The quantitative estimate of drug-likeness (QED) is 0.843. The summed E-state index contributed by atoms with van der Waals surface area (Å²) < 4.78 is 10.1. The SMILES string of the molecule is CCC(CN)c1nc(-c2ccc(OC)nn2)no1. The van der Waals surface area contributed by atoms with Gasteiger partial charge in [0.1, 0.15) is 5.69 Å². The van der Waals surface area contributed by atoms with Crippen LogP contribution in [0.5, 0.6) is 5.88 Å². The molecular weight excluding hydrogens is 234 g/mol. The molecule has 0 amide bonds. The highest BCUT2D eigenvalue weighted by Crippen LogP contribution is 2.20. The maximum absolute atomic E-state index is 5.63. The van der Waals surface area contributed by atoms with Gasteiger partial charge in [0.2, 0.25) is 17.6 Å². The van der Waals surface area contributed by atoms with Crippen molar-refractivity contribution in [2.75, 3.05) is 13.7 Å². The molecule has 0 saturated heterocycles. The van der Waals surface area contributed by atoms with Crippen LogP contribution in [-0.2, 0) is 0 Å². The zero-order valence-electron chi connectivity index (χ0n) is 10.3. The maximum atomic E-state index is 5.63. The minimum absolute atomic E-state index is 0.0810. The Balaban J connectivity index is 2.23. The molecule has 0 aliphatic rings. The van der Waals surface area contributed by atoms with E-state index < -0.39 is 0 Å². The second kappa shape index (κ2) is 5.54. The second-order valence-corrected chi connectivity index (χ2v) is 3.76. The van der Waals surface area contributed by atoms with Crippen molar-refractivity contribution < 1.29 is 9.26 Å². The molecule has 2 aromatic rings. The van der Waals surface area contributed by atoms with Gasteiger partial charge in [-0.25, -0.2) is 0 Å². The van der Waals surface area contributed by atoms with E-state index in [1.54, 1.807) is 12.1 Å². The standard InChI is InChI=1S/C11H15N5O2/c1-3-7(6-12)11-13-10(16-18-11)8-4-5-9(17-2)15-14-8/h4-5,7H,3,6,12H2,1-2H3. The van der Waals surface area contributed by atoms with Gasteiger partial charge in [-0.15, -0.1) is 10.2 Å². The fourth-order valence-electron chi connectivity index (χ4n) is 1.50. The Morgan fingerprint density at radius 3 is 2.78 bits per heavy atom. The first-order valence-corrected chi connectivity index (χ1v) is 5.70. The summed E-state index contributed by atoms with van der Waals surface area (Å²) in [5.41, 5.74) is 6.17. The number of nitrogens with two attached hydrogens (primary N) is 1. The molecule has 2 heterocycles. The Kier molecular flexibility index (Phi) is 3.83. The first kappa shape index (κ1) is 12.4. The molecule has 0 aliphatic heterocycles. The van der Waals surface area contributed by atoms with E-state index in [0.29, 0.717) is 29.8 Å². The minimum atomic E-state index is 0.0810. The van der Waals surface area contributed by atoms with Gasteiger partial charge in [0, 0.05) is 12.6 Å². The molecule has 7 nitrogen and oxygen atoms in total. The Bertz CT molecular complexity index is 492. The molecule has 7 heteroatoms. The zero-order chi connectivity index (χ0) is 13.0. The van der Waals surface area contributed by atoms with Crippen LogP contribution in [0.4, 0.5) is 0 Å². The van der Waals surface area contributed by atoms with Gasteiger partial charge < -0.3 is 15.0 Å². The fraction of sp³-hybridized carbons (Fsp3) is 0.455. The Hall–Kier alpha value is -2.02. The van der Waals surface area contributed by atoms with E-state index in [-0.39, 0.29) is 5.92 Å². The average molecular weight is 249 g/mol. The lowest BCUT2D eigenvalue weighted by Crippen LogP contribution is -2.11. The number of rotatable bonds is 5. The van der Waals surface area contributed by atoms with Crippen molar-refractivity contribution in [3.8, 4) is 17.4 Å². The summed E-state index contributed by atoms with van der Waals surface area (Å²) in [7, 11) is 1.53. The zero-order valence-corrected chi connectivity index (χ0v) is 10.3.